The number of nitrogens with one attached hydrogen (secondary N) is 1. The fourth-order valence-electron chi connectivity index (χ4n) is 2.24. The summed E-state index contributed by atoms with van der Waals surface area (Å²) in [6.45, 7) is 3.65. The molecule has 1 aromatic heterocycles. The Balaban J connectivity index is 2.31. The maximum Gasteiger partial charge on any atom is 0.327 e. The van der Waals surface area contributed by atoms with E-state index in [9.17, 15) is 4.79 Å². The molecule has 1 N–H and O–H groups in total. The van der Waals surface area contributed by atoms with Gasteiger partial charge in [-0.05, 0) is 24.1 Å². The van der Waals surface area contributed by atoms with Crippen LogP contribution in [0.3, 0.4) is 0 Å². The van der Waals surface area contributed by atoms with Crippen LogP contribution in [0.4, 0.5) is 0 Å². The number of hydrogen-bond donors (Lipinski definition) is 1. The standard InChI is InChI=1S/C16H18N4O3/c1-4-13(15-18-10(2)23-20-15)19-14(16(21)22-3)12-7-5-6-11(8-12)9-17/h5-8,13-14,19H,4H2,1-3H3/t13-,14+/m0/s1. The average molecular weight is 314 g/mol. The second kappa shape index (κ2) is 7.51. The lowest BCUT2D eigenvalue weighted by atomic mass is 10.0. The Kier molecular flexibility index (Phi) is 5.44. The number of carbonyl (C=O) groups is 1. The van der Waals surface area contributed by atoms with Gasteiger partial charge in [0.2, 0.25) is 5.89 Å². The van der Waals surface area contributed by atoms with Gasteiger partial charge in [0.25, 0.3) is 0 Å². The lowest BCUT2D eigenvalue weighted by molar-refractivity contribution is -0.143. The van der Waals surface area contributed by atoms with Crippen molar-refractivity contribution in [3.8, 4) is 6.07 Å². The van der Waals surface area contributed by atoms with Crippen molar-refractivity contribution in [3.63, 3.8) is 0 Å². The quantitative estimate of drug-likeness (QED) is 0.815. The predicted octanol–water partition coefficient (Wildman–Crippen LogP) is 2.20. The van der Waals surface area contributed by atoms with Crippen LogP contribution in [0.5, 0.6) is 0 Å². The van der Waals surface area contributed by atoms with E-state index < -0.39 is 12.0 Å². The summed E-state index contributed by atoms with van der Waals surface area (Å²) in [5.41, 5.74) is 1.12. The van der Waals surface area contributed by atoms with Crippen LogP contribution < -0.4 is 5.32 Å². The topological polar surface area (TPSA) is 101 Å². The Labute approximate surface area is 134 Å². The van der Waals surface area contributed by atoms with Crippen LogP contribution in [-0.4, -0.2) is 23.2 Å². The summed E-state index contributed by atoms with van der Waals surface area (Å²) < 4.78 is 9.88. The lowest BCUT2D eigenvalue weighted by Gasteiger charge is -2.21. The maximum atomic E-state index is 12.2. The second-order valence-electron chi connectivity index (χ2n) is 4.99. The molecule has 7 nitrogen and oxygen atoms in total. The molecule has 2 aromatic rings. The SMILES string of the molecule is CC[C@H](N[C@@H](C(=O)OC)c1cccc(C#N)c1)c1noc(C)n1. The number of rotatable bonds is 6. The highest BCUT2D eigenvalue weighted by Crippen LogP contribution is 2.22. The van der Waals surface area contributed by atoms with Gasteiger partial charge in [-0.1, -0.05) is 24.2 Å². The highest BCUT2D eigenvalue weighted by Gasteiger charge is 2.27. The maximum absolute atomic E-state index is 12.2. The predicted molar refractivity (Wildman–Crippen MR) is 81.1 cm³/mol. The summed E-state index contributed by atoms with van der Waals surface area (Å²) in [4.78, 5) is 16.4. The van der Waals surface area contributed by atoms with E-state index in [4.69, 9.17) is 14.5 Å². The number of ether oxygens (including phenoxy) is 1. The number of nitrogens with zero attached hydrogens (tertiary/aromatic N) is 3. The number of esters is 1. The van der Waals surface area contributed by atoms with Gasteiger partial charge in [0.05, 0.1) is 24.8 Å². The average Bonchev–Trinajstić information content (AvgIpc) is 3.01. The third-order valence-corrected chi connectivity index (χ3v) is 3.42. The summed E-state index contributed by atoms with van der Waals surface area (Å²) in [6, 6.07) is 7.89. The van der Waals surface area contributed by atoms with Crippen molar-refractivity contribution < 1.29 is 14.1 Å². The zero-order valence-corrected chi connectivity index (χ0v) is 13.2. The van der Waals surface area contributed by atoms with E-state index in [1.165, 1.54) is 7.11 Å². The van der Waals surface area contributed by atoms with Crippen LogP contribution in [0.2, 0.25) is 0 Å². The van der Waals surface area contributed by atoms with E-state index in [1.54, 1.807) is 31.2 Å². The molecule has 7 heteroatoms. The van der Waals surface area contributed by atoms with E-state index in [1.807, 2.05) is 6.92 Å². The summed E-state index contributed by atoms with van der Waals surface area (Å²) in [6.07, 6.45) is 0.657. The zero-order valence-electron chi connectivity index (χ0n) is 13.2. The van der Waals surface area contributed by atoms with Gasteiger partial charge >= 0.3 is 5.97 Å². The van der Waals surface area contributed by atoms with Gasteiger partial charge in [0.15, 0.2) is 5.82 Å². The van der Waals surface area contributed by atoms with Crippen molar-refractivity contribution in [1.29, 1.82) is 5.26 Å². The van der Waals surface area contributed by atoms with E-state index in [2.05, 4.69) is 21.5 Å². The van der Waals surface area contributed by atoms with Gasteiger partial charge in [0.1, 0.15) is 6.04 Å². The normalized spacial score (nSPS) is 13.1. The minimum Gasteiger partial charge on any atom is -0.468 e. The molecule has 1 aromatic carbocycles. The van der Waals surface area contributed by atoms with E-state index in [-0.39, 0.29) is 6.04 Å². The first-order chi connectivity index (χ1) is 11.1. The fourth-order valence-corrected chi connectivity index (χ4v) is 2.24. The van der Waals surface area contributed by atoms with Crippen molar-refractivity contribution in [2.24, 2.45) is 0 Å². The number of aryl methyl sites for hydroxylation is 1. The Bertz CT molecular complexity index is 720. The molecule has 23 heavy (non-hydrogen) atoms. The molecule has 2 atom stereocenters. The highest BCUT2D eigenvalue weighted by molar-refractivity contribution is 5.77. The molecule has 0 amide bonds. The molecule has 0 spiro atoms. The molecule has 0 aliphatic rings. The summed E-state index contributed by atoms with van der Waals surface area (Å²) >= 11 is 0. The zero-order chi connectivity index (χ0) is 16.8. The minimum absolute atomic E-state index is 0.276. The molecule has 2 rings (SSSR count). The Morgan fingerprint density at radius 1 is 1.52 bits per heavy atom. The van der Waals surface area contributed by atoms with Crippen LogP contribution in [0.15, 0.2) is 28.8 Å². The van der Waals surface area contributed by atoms with Crippen LogP contribution in [0.1, 0.15) is 48.3 Å². The first-order valence-corrected chi connectivity index (χ1v) is 7.23. The van der Waals surface area contributed by atoms with Gasteiger partial charge in [-0.15, -0.1) is 0 Å². The molecular weight excluding hydrogens is 296 g/mol. The first-order valence-electron chi connectivity index (χ1n) is 7.23. The molecular formula is C16H18N4O3. The molecule has 0 fully saturated rings. The highest BCUT2D eigenvalue weighted by atomic mass is 16.5. The van der Waals surface area contributed by atoms with E-state index in [0.717, 1.165) is 0 Å². The third-order valence-electron chi connectivity index (χ3n) is 3.42. The largest absolute Gasteiger partial charge is 0.468 e. The number of hydrogen-bond acceptors (Lipinski definition) is 7. The van der Waals surface area contributed by atoms with E-state index in [0.29, 0.717) is 29.3 Å². The lowest BCUT2D eigenvalue weighted by Crippen LogP contribution is -2.33. The number of methoxy groups -OCH3 is 1. The molecule has 0 radical (unpaired) electrons. The Morgan fingerprint density at radius 2 is 2.30 bits per heavy atom. The molecule has 120 valence electrons. The minimum atomic E-state index is -0.725. The van der Waals surface area contributed by atoms with Crippen LogP contribution in [0, 0.1) is 18.3 Å². The molecule has 1 heterocycles. The van der Waals surface area contributed by atoms with Crippen LogP contribution >= 0.6 is 0 Å². The molecule has 0 bridgehead atoms. The van der Waals surface area contributed by atoms with Gasteiger partial charge < -0.3 is 9.26 Å². The van der Waals surface area contributed by atoms with Gasteiger partial charge in [-0.25, -0.2) is 4.79 Å². The van der Waals surface area contributed by atoms with Gasteiger partial charge in [0, 0.05) is 6.92 Å². The third kappa shape index (κ3) is 3.93. The van der Waals surface area contributed by atoms with Crippen molar-refractivity contribution in [2.45, 2.75) is 32.4 Å². The number of benzene rings is 1. The van der Waals surface area contributed by atoms with Crippen LogP contribution in [-0.2, 0) is 9.53 Å². The molecule has 0 aliphatic heterocycles. The first kappa shape index (κ1) is 16.6. The fraction of sp³-hybridized carbons (Fsp3) is 0.375. The monoisotopic (exact) mass is 314 g/mol. The summed E-state index contributed by atoms with van der Waals surface area (Å²) in [5, 5.41) is 16.1. The molecule has 0 saturated carbocycles. The van der Waals surface area contributed by atoms with Crippen molar-refractivity contribution in [3.05, 3.63) is 47.1 Å². The second-order valence-corrected chi connectivity index (χ2v) is 4.99. The van der Waals surface area contributed by atoms with Gasteiger partial charge in [-0.3, -0.25) is 5.32 Å². The molecule has 0 aliphatic carbocycles. The van der Waals surface area contributed by atoms with Gasteiger partial charge in [-0.2, -0.15) is 10.2 Å². The van der Waals surface area contributed by atoms with Crippen molar-refractivity contribution in [1.82, 2.24) is 15.5 Å². The Morgan fingerprint density at radius 3 is 2.87 bits per heavy atom. The van der Waals surface area contributed by atoms with Crippen molar-refractivity contribution >= 4 is 5.97 Å². The number of carbonyl (C=O) groups excluding carboxylic acids is 1. The van der Waals surface area contributed by atoms with Crippen molar-refractivity contribution in [2.75, 3.05) is 7.11 Å². The summed E-state index contributed by atoms with van der Waals surface area (Å²) in [7, 11) is 1.32. The number of aromatic nitrogens is 2. The Hall–Kier alpha value is -2.72. The molecule has 0 saturated heterocycles. The van der Waals surface area contributed by atoms with E-state index >= 15 is 0 Å². The molecule has 0 unspecified atom stereocenters. The van der Waals surface area contributed by atoms with Crippen LogP contribution in [0.25, 0.3) is 0 Å². The summed E-state index contributed by atoms with van der Waals surface area (Å²) in [5.74, 6) is 0.496. The smallest absolute Gasteiger partial charge is 0.327 e. The number of nitriles is 1.